The number of methoxy groups -OCH3 is 1. The summed E-state index contributed by atoms with van der Waals surface area (Å²) in [5.41, 5.74) is 3.57. The molecule has 1 aliphatic heterocycles. The van der Waals surface area contributed by atoms with Crippen LogP contribution >= 0.6 is 0 Å². The number of fused-ring (bicyclic) bond motifs is 2. The highest BCUT2D eigenvalue weighted by atomic mass is 16.5. The third-order valence-electron chi connectivity index (χ3n) is 6.59. The van der Waals surface area contributed by atoms with Crippen LogP contribution in [0.5, 0.6) is 5.75 Å². The van der Waals surface area contributed by atoms with Gasteiger partial charge in [-0.3, -0.25) is 4.79 Å². The number of furan rings is 1. The van der Waals surface area contributed by atoms with Crippen molar-refractivity contribution < 1.29 is 13.9 Å². The molecule has 9 heteroatoms. The Labute approximate surface area is 201 Å². The highest BCUT2D eigenvalue weighted by molar-refractivity contribution is 5.99. The SMILES string of the molecule is COc1ccc(-c2cnc3ncnn3c2N2CCN(C(=O)c3oc4ccccc4c3C)CC2)cc1. The second-order valence-electron chi connectivity index (χ2n) is 8.53. The van der Waals surface area contributed by atoms with Crippen LogP contribution in [0.1, 0.15) is 16.1 Å². The second-order valence-corrected chi connectivity index (χ2v) is 8.53. The molecular formula is C26H24N6O3. The van der Waals surface area contributed by atoms with E-state index in [-0.39, 0.29) is 5.91 Å². The van der Waals surface area contributed by atoms with Crippen LogP contribution in [-0.2, 0) is 0 Å². The van der Waals surface area contributed by atoms with Gasteiger partial charge in [0, 0.05) is 48.9 Å². The Morgan fingerprint density at radius 2 is 1.77 bits per heavy atom. The number of carbonyl (C=O) groups excluding carboxylic acids is 1. The van der Waals surface area contributed by atoms with E-state index >= 15 is 0 Å². The quantitative estimate of drug-likeness (QED) is 0.396. The Bertz CT molecular complexity index is 1530. The first-order valence-electron chi connectivity index (χ1n) is 11.5. The fourth-order valence-electron chi connectivity index (χ4n) is 4.69. The summed E-state index contributed by atoms with van der Waals surface area (Å²) < 4.78 is 13.0. The summed E-state index contributed by atoms with van der Waals surface area (Å²) in [6.45, 7) is 4.36. The van der Waals surface area contributed by atoms with Gasteiger partial charge in [-0.05, 0) is 30.7 Å². The molecule has 1 fully saturated rings. The van der Waals surface area contributed by atoms with Crippen molar-refractivity contribution in [1.82, 2.24) is 24.5 Å². The van der Waals surface area contributed by atoms with Gasteiger partial charge in [0.1, 0.15) is 23.5 Å². The number of carbonyl (C=O) groups is 1. The van der Waals surface area contributed by atoms with E-state index in [1.807, 2.05) is 66.6 Å². The number of piperazine rings is 1. The molecule has 0 saturated carbocycles. The van der Waals surface area contributed by atoms with E-state index < -0.39 is 0 Å². The monoisotopic (exact) mass is 468 g/mol. The second kappa shape index (κ2) is 8.43. The van der Waals surface area contributed by atoms with Gasteiger partial charge in [0.2, 0.25) is 0 Å². The zero-order valence-electron chi connectivity index (χ0n) is 19.5. The number of rotatable bonds is 4. The van der Waals surface area contributed by atoms with Crippen LogP contribution in [0, 0.1) is 6.92 Å². The van der Waals surface area contributed by atoms with Crippen molar-refractivity contribution in [3.8, 4) is 16.9 Å². The molecule has 2 aromatic carbocycles. The number of benzene rings is 2. The zero-order chi connectivity index (χ0) is 23.9. The van der Waals surface area contributed by atoms with Crippen LogP contribution in [-0.4, -0.2) is 63.7 Å². The van der Waals surface area contributed by atoms with Crippen LogP contribution < -0.4 is 9.64 Å². The normalized spacial score (nSPS) is 14.1. The summed E-state index contributed by atoms with van der Waals surface area (Å²) >= 11 is 0. The standard InChI is InChI=1S/C26H24N6O3/c1-17-20-5-3-4-6-22(20)35-23(17)25(33)31-13-11-30(12-14-31)24-21(15-27-26-28-16-29-32(24)26)18-7-9-19(34-2)10-8-18/h3-10,15-16H,11-14H2,1-2H3. The molecule has 6 rings (SSSR count). The molecule has 1 aliphatic rings. The minimum atomic E-state index is -0.0747. The molecule has 0 atom stereocenters. The van der Waals surface area contributed by atoms with Gasteiger partial charge in [-0.25, -0.2) is 4.98 Å². The maximum absolute atomic E-state index is 13.3. The third kappa shape index (κ3) is 3.56. The lowest BCUT2D eigenvalue weighted by Gasteiger charge is -2.36. The molecular weight excluding hydrogens is 444 g/mol. The van der Waals surface area contributed by atoms with Gasteiger partial charge in [0.25, 0.3) is 11.7 Å². The van der Waals surface area contributed by atoms with Crippen molar-refractivity contribution in [2.24, 2.45) is 0 Å². The number of nitrogens with zero attached hydrogens (tertiary/aromatic N) is 6. The van der Waals surface area contributed by atoms with Gasteiger partial charge in [0.15, 0.2) is 5.76 Å². The molecule has 0 aliphatic carbocycles. The first-order valence-corrected chi connectivity index (χ1v) is 11.5. The molecule has 176 valence electrons. The van der Waals surface area contributed by atoms with Gasteiger partial charge in [-0.2, -0.15) is 14.6 Å². The van der Waals surface area contributed by atoms with E-state index in [9.17, 15) is 4.79 Å². The van der Waals surface area contributed by atoms with Crippen molar-refractivity contribution in [2.75, 3.05) is 38.2 Å². The number of amides is 1. The molecule has 9 nitrogen and oxygen atoms in total. The Hall–Kier alpha value is -4.40. The minimum absolute atomic E-state index is 0.0747. The van der Waals surface area contributed by atoms with Crippen LogP contribution in [0.4, 0.5) is 5.82 Å². The first-order chi connectivity index (χ1) is 17.1. The van der Waals surface area contributed by atoms with Crippen molar-refractivity contribution in [2.45, 2.75) is 6.92 Å². The maximum Gasteiger partial charge on any atom is 0.290 e. The highest BCUT2D eigenvalue weighted by Gasteiger charge is 2.29. The van der Waals surface area contributed by atoms with Gasteiger partial charge in [-0.15, -0.1) is 0 Å². The smallest absolute Gasteiger partial charge is 0.290 e. The number of aromatic nitrogens is 4. The molecule has 0 unspecified atom stereocenters. The lowest BCUT2D eigenvalue weighted by Crippen LogP contribution is -2.49. The summed E-state index contributed by atoms with van der Waals surface area (Å²) in [6, 6.07) is 15.6. The van der Waals surface area contributed by atoms with E-state index in [0.717, 1.165) is 39.2 Å². The lowest BCUT2D eigenvalue weighted by atomic mass is 10.1. The number of para-hydroxylation sites is 1. The summed E-state index contributed by atoms with van der Waals surface area (Å²) in [4.78, 5) is 26.2. The van der Waals surface area contributed by atoms with Crippen molar-refractivity contribution >= 4 is 28.5 Å². The molecule has 0 bridgehead atoms. The first kappa shape index (κ1) is 21.2. The summed E-state index contributed by atoms with van der Waals surface area (Å²) in [5, 5.41) is 5.41. The van der Waals surface area contributed by atoms with E-state index in [1.54, 1.807) is 11.6 Å². The molecule has 0 spiro atoms. The Kier molecular flexibility index (Phi) is 5.09. The third-order valence-corrected chi connectivity index (χ3v) is 6.59. The fourth-order valence-corrected chi connectivity index (χ4v) is 4.69. The summed E-state index contributed by atoms with van der Waals surface area (Å²) in [7, 11) is 1.65. The minimum Gasteiger partial charge on any atom is -0.497 e. The largest absolute Gasteiger partial charge is 0.497 e. The number of ether oxygens (including phenoxy) is 1. The molecule has 0 radical (unpaired) electrons. The van der Waals surface area contributed by atoms with Gasteiger partial charge < -0.3 is 19.0 Å². The van der Waals surface area contributed by atoms with E-state index in [4.69, 9.17) is 9.15 Å². The average Bonchev–Trinajstić information content (AvgIpc) is 3.52. The zero-order valence-corrected chi connectivity index (χ0v) is 19.5. The summed E-state index contributed by atoms with van der Waals surface area (Å²) in [6.07, 6.45) is 3.34. The Morgan fingerprint density at radius 1 is 1.00 bits per heavy atom. The van der Waals surface area contributed by atoms with Crippen molar-refractivity contribution in [3.05, 3.63) is 72.4 Å². The maximum atomic E-state index is 13.3. The van der Waals surface area contributed by atoms with Crippen LogP contribution in [0.2, 0.25) is 0 Å². The number of hydrogen-bond donors (Lipinski definition) is 0. The van der Waals surface area contributed by atoms with Gasteiger partial charge >= 0.3 is 0 Å². The van der Waals surface area contributed by atoms with Crippen molar-refractivity contribution in [1.29, 1.82) is 0 Å². The topological polar surface area (TPSA) is 89.0 Å². The number of hydrogen-bond acceptors (Lipinski definition) is 7. The predicted molar refractivity (Wildman–Crippen MR) is 132 cm³/mol. The predicted octanol–water partition coefficient (Wildman–Crippen LogP) is 3.82. The van der Waals surface area contributed by atoms with E-state index in [2.05, 4.69) is 20.0 Å². The molecule has 1 saturated heterocycles. The average molecular weight is 469 g/mol. The molecule has 35 heavy (non-hydrogen) atoms. The van der Waals surface area contributed by atoms with Crippen LogP contribution in [0.3, 0.4) is 0 Å². The van der Waals surface area contributed by atoms with Crippen LogP contribution in [0.25, 0.3) is 27.9 Å². The molecule has 1 amide bonds. The molecule has 4 heterocycles. The van der Waals surface area contributed by atoms with Crippen molar-refractivity contribution in [3.63, 3.8) is 0 Å². The lowest BCUT2D eigenvalue weighted by molar-refractivity contribution is 0.0715. The number of aryl methyl sites for hydroxylation is 1. The fraction of sp³-hybridized carbons (Fsp3) is 0.231. The number of anilines is 1. The Morgan fingerprint density at radius 3 is 2.51 bits per heavy atom. The molecule has 3 aromatic heterocycles. The molecule has 5 aromatic rings. The van der Waals surface area contributed by atoms with Gasteiger partial charge in [-0.1, -0.05) is 30.3 Å². The Balaban J connectivity index is 1.29. The highest BCUT2D eigenvalue weighted by Crippen LogP contribution is 2.32. The van der Waals surface area contributed by atoms with Crippen LogP contribution in [0.15, 0.2) is 65.5 Å². The van der Waals surface area contributed by atoms with Gasteiger partial charge in [0.05, 0.1) is 7.11 Å². The van der Waals surface area contributed by atoms with E-state index in [0.29, 0.717) is 37.7 Å². The summed E-state index contributed by atoms with van der Waals surface area (Å²) in [5.74, 6) is 2.58. The van der Waals surface area contributed by atoms with E-state index in [1.165, 1.54) is 6.33 Å². The molecule has 0 N–H and O–H groups in total.